The fourth-order valence-corrected chi connectivity index (χ4v) is 3.36. The van der Waals surface area contributed by atoms with E-state index in [4.69, 9.17) is 0 Å². The average Bonchev–Trinajstić information content (AvgIpc) is 2.45. The van der Waals surface area contributed by atoms with Gasteiger partial charge in [-0.05, 0) is 50.8 Å². The molecule has 0 spiro atoms. The van der Waals surface area contributed by atoms with Gasteiger partial charge in [-0.3, -0.25) is 0 Å². The number of piperidine rings is 1. The number of nitrogens with zero attached hydrogens (tertiary/aromatic N) is 3. The van der Waals surface area contributed by atoms with Gasteiger partial charge >= 0.3 is 0 Å². The molecule has 0 aromatic carbocycles. The van der Waals surface area contributed by atoms with E-state index in [-0.39, 0.29) is 6.10 Å². The molecule has 0 atom stereocenters. The predicted octanol–water partition coefficient (Wildman–Crippen LogP) is 1.75. The molecule has 2 fully saturated rings. The number of anilines is 1. The van der Waals surface area contributed by atoms with Crippen LogP contribution in [0.4, 0.5) is 5.82 Å². The Labute approximate surface area is 121 Å². The van der Waals surface area contributed by atoms with Gasteiger partial charge < -0.3 is 14.9 Å². The molecule has 110 valence electrons. The zero-order chi connectivity index (χ0) is 13.9. The van der Waals surface area contributed by atoms with Crippen LogP contribution in [0.15, 0.2) is 24.4 Å². The summed E-state index contributed by atoms with van der Waals surface area (Å²) in [6.45, 7) is 3.40. The molecule has 2 aliphatic rings. The largest absolute Gasteiger partial charge is 0.393 e. The minimum absolute atomic E-state index is 0.0477. The lowest BCUT2D eigenvalue weighted by Crippen LogP contribution is -2.48. The van der Waals surface area contributed by atoms with Gasteiger partial charge in [-0.1, -0.05) is 6.07 Å². The van der Waals surface area contributed by atoms with Crippen LogP contribution >= 0.6 is 0 Å². The first-order valence-electron chi connectivity index (χ1n) is 7.76. The molecule has 1 aliphatic carbocycles. The van der Waals surface area contributed by atoms with Gasteiger partial charge in [0, 0.05) is 31.9 Å². The van der Waals surface area contributed by atoms with E-state index in [9.17, 15) is 5.11 Å². The quantitative estimate of drug-likeness (QED) is 0.909. The van der Waals surface area contributed by atoms with E-state index < -0.39 is 0 Å². The number of aliphatic hydroxyl groups excluding tert-OH is 1. The summed E-state index contributed by atoms with van der Waals surface area (Å²) < 4.78 is 0. The van der Waals surface area contributed by atoms with Crippen molar-refractivity contribution >= 4 is 5.82 Å². The van der Waals surface area contributed by atoms with Crippen molar-refractivity contribution in [3.05, 3.63) is 24.4 Å². The maximum absolute atomic E-state index is 9.39. The molecule has 1 aromatic rings. The standard InChI is InChI=1S/C16H25N3O/c1-18(14-10-15(20)11-14)12-13-5-8-19(9-6-13)16-4-2-3-7-17-16/h2-4,7,13-15,20H,5-6,8-12H2,1H3. The summed E-state index contributed by atoms with van der Waals surface area (Å²) >= 11 is 0. The van der Waals surface area contributed by atoms with Crippen molar-refractivity contribution in [3.63, 3.8) is 0 Å². The molecule has 1 aromatic heterocycles. The van der Waals surface area contributed by atoms with Crippen LogP contribution in [0.1, 0.15) is 25.7 Å². The maximum Gasteiger partial charge on any atom is 0.128 e. The van der Waals surface area contributed by atoms with Gasteiger partial charge in [0.25, 0.3) is 0 Å². The molecule has 0 unspecified atom stereocenters. The molecule has 0 amide bonds. The van der Waals surface area contributed by atoms with E-state index in [1.54, 1.807) is 0 Å². The van der Waals surface area contributed by atoms with E-state index in [1.165, 1.54) is 19.4 Å². The molecule has 1 aliphatic heterocycles. The Hall–Kier alpha value is -1.13. The summed E-state index contributed by atoms with van der Waals surface area (Å²) in [7, 11) is 2.21. The van der Waals surface area contributed by atoms with Gasteiger partial charge in [-0.15, -0.1) is 0 Å². The fourth-order valence-electron chi connectivity index (χ4n) is 3.36. The van der Waals surface area contributed by atoms with E-state index in [0.29, 0.717) is 6.04 Å². The minimum atomic E-state index is -0.0477. The van der Waals surface area contributed by atoms with Crippen LogP contribution in [0.5, 0.6) is 0 Å². The van der Waals surface area contributed by atoms with Gasteiger partial charge in [0.05, 0.1) is 6.10 Å². The van der Waals surface area contributed by atoms with Crippen LogP contribution in [0.25, 0.3) is 0 Å². The number of rotatable bonds is 4. The highest BCUT2D eigenvalue weighted by Crippen LogP contribution is 2.27. The third kappa shape index (κ3) is 3.13. The molecular weight excluding hydrogens is 250 g/mol. The Morgan fingerprint density at radius 3 is 2.65 bits per heavy atom. The summed E-state index contributed by atoms with van der Waals surface area (Å²) in [5.41, 5.74) is 0. The summed E-state index contributed by atoms with van der Waals surface area (Å²) in [6, 6.07) is 6.74. The monoisotopic (exact) mass is 275 g/mol. The van der Waals surface area contributed by atoms with E-state index in [2.05, 4.69) is 34.0 Å². The van der Waals surface area contributed by atoms with Crippen molar-refractivity contribution in [2.45, 2.75) is 37.8 Å². The number of hydrogen-bond donors (Lipinski definition) is 1. The van der Waals surface area contributed by atoms with Crippen molar-refractivity contribution in [1.29, 1.82) is 0 Å². The SMILES string of the molecule is CN(CC1CCN(c2ccccn2)CC1)C1CC(O)C1. The Balaban J connectivity index is 1.44. The highest BCUT2D eigenvalue weighted by Gasteiger charge is 2.32. The van der Waals surface area contributed by atoms with Crippen molar-refractivity contribution in [3.8, 4) is 0 Å². The van der Waals surface area contributed by atoms with Crippen molar-refractivity contribution in [1.82, 2.24) is 9.88 Å². The maximum atomic E-state index is 9.39. The van der Waals surface area contributed by atoms with Gasteiger partial charge in [-0.25, -0.2) is 4.98 Å². The summed E-state index contributed by atoms with van der Waals surface area (Å²) in [5, 5.41) is 9.39. The van der Waals surface area contributed by atoms with Crippen LogP contribution < -0.4 is 4.90 Å². The fraction of sp³-hybridized carbons (Fsp3) is 0.688. The van der Waals surface area contributed by atoms with E-state index in [0.717, 1.165) is 37.7 Å². The zero-order valence-electron chi connectivity index (χ0n) is 12.3. The lowest BCUT2D eigenvalue weighted by atomic mass is 9.87. The van der Waals surface area contributed by atoms with Crippen molar-refractivity contribution in [2.75, 3.05) is 31.6 Å². The van der Waals surface area contributed by atoms with Crippen molar-refractivity contribution in [2.24, 2.45) is 5.92 Å². The van der Waals surface area contributed by atoms with Gasteiger partial charge in [0.2, 0.25) is 0 Å². The topological polar surface area (TPSA) is 39.6 Å². The molecule has 0 bridgehead atoms. The molecule has 4 nitrogen and oxygen atoms in total. The van der Waals surface area contributed by atoms with Crippen LogP contribution in [0.2, 0.25) is 0 Å². The Morgan fingerprint density at radius 2 is 2.05 bits per heavy atom. The van der Waals surface area contributed by atoms with Gasteiger partial charge in [0.15, 0.2) is 0 Å². The minimum Gasteiger partial charge on any atom is -0.393 e. The summed E-state index contributed by atoms with van der Waals surface area (Å²) in [6.07, 6.45) is 6.24. The second kappa shape index (κ2) is 6.10. The lowest BCUT2D eigenvalue weighted by Gasteiger charge is -2.41. The number of pyridine rings is 1. The van der Waals surface area contributed by atoms with Crippen LogP contribution in [-0.2, 0) is 0 Å². The molecule has 4 heteroatoms. The Morgan fingerprint density at radius 1 is 1.30 bits per heavy atom. The predicted molar refractivity (Wildman–Crippen MR) is 80.8 cm³/mol. The molecule has 1 N–H and O–H groups in total. The zero-order valence-corrected chi connectivity index (χ0v) is 12.3. The first-order chi connectivity index (χ1) is 9.72. The number of aliphatic hydroxyl groups is 1. The molecule has 1 saturated heterocycles. The summed E-state index contributed by atoms with van der Waals surface area (Å²) in [4.78, 5) is 9.28. The Bertz CT molecular complexity index is 411. The van der Waals surface area contributed by atoms with Gasteiger partial charge in [0.1, 0.15) is 5.82 Å². The molecule has 20 heavy (non-hydrogen) atoms. The van der Waals surface area contributed by atoms with E-state index >= 15 is 0 Å². The highest BCUT2D eigenvalue weighted by atomic mass is 16.3. The molecular formula is C16H25N3O. The second-order valence-corrected chi connectivity index (χ2v) is 6.34. The summed E-state index contributed by atoms with van der Waals surface area (Å²) in [5.74, 6) is 1.90. The third-order valence-corrected chi connectivity index (χ3v) is 4.85. The normalized spacial score (nSPS) is 27.6. The first-order valence-corrected chi connectivity index (χ1v) is 7.76. The van der Waals surface area contributed by atoms with Gasteiger partial charge in [-0.2, -0.15) is 0 Å². The second-order valence-electron chi connectivity index (χ2n) is 6.34. The average molecular weight is 275 g/mol. The number of aromatic nitrogens is 1. The van der Waals surface area contributed by atoms with Crippen LogP contribution in [-0.4, -0.2) is 53.8 Å². The van der Waals surface area contributed by atoms with Crippen molar-refractivity contribution < 1.29 is 5.11 Å². The van der Waals surface area contributed by atoms with Crippen LogP contribution in [0, 0.1) is 5.92 Å². The highest BCUT2D eigenvalue weighted by molar-refractivity contribution is 5.37. The lowest BCUT2D eigenvalue weighted by molar-refractivity contribution is 0.00564. The Kier molecular flexibility index (Phi) is 4.22. The molecule has 1 saturated carbocycles. The van der Waals surface area contributed by atoms with E-state index in [1.807, 2.05) is 12.3 Å². The molecule has 3 rings (SSSR count). The molecule has 2 heterocycles. The van der Waals surface area contributed by atoms with Crippen LogP contribution in [0.3, 0.4) is 0 Å². The number of hydrogen-bond acceptors (Lipinski definition) is 4. The smallest absolute Gasteiger partial charge is 0.128 e. The first kappa shape index (κ1) is 13.8. The third-order valence-electron chi connectivity index (χ3n) is 4.85. The molecule has 0 radical (unpaired) electrons.